The zero-order valence-corrected chi connectivity index (χ0v) is 12.3. The van der Waals surface area contributed by atoms with Crippen LogP contribution in [0.15, 0.2) is 0 Å². The number of aliphatic hydroxyl groups excluding tert-OH is 1. The molecule has 20 heavy (non-hydrogen) atoms. The summed E-state index contributed by atoms with van der Waals surface area (Å²) in [4.78, 5) is 24.9. The van der Waals surface area contributed by atoms with Crippen molar-refractivity contribution in [2.45, 2.75) is 70.1 Å². The third-order valence-electron chi connectivity index (χ3n) is 4.58. The van der Waals surface area contributed by atoms with Crippen LogP contribution in [-0.4, -0.2) is 47.1 Å². The maximum absolute atomic E-state index is 11.9. The standard InChI is InChI=1S/C15H26N2O3/c1-11(14(19)15(20)16-9-12-7-8-12)17(10-18)13-5-3-2-4-6-13/h10-14,19H,2-9H2,1H3,(H,16,20). The molecule has 2 fully saturated rings. The predicted molar refractivity (Wildman–Crippen MR) is 76.0 cm³/mol. The Morgan fingerprint density at radius 2 is 1.95 bits per heavy atom. The van der Waals surface area contributed by atoms with E-state index in [9.17, 15) is 14.7 Å². The summed E-state index contributed by atoms with van der Waals surface area (Å²) in [7, 11) is 0. The van der Waals surface area contributed by atoms with Crippen molar-refractivity contribution in [2.75, 3.05) is 6.54 Å². The second-order valence-electron chi connectivity index (χ2n) is 6.22. The van der Waals surface area contributed by atoms with Crippen LogP contribution in [0.2, 0.25) is 0 Å². The monoisotopic (exact) mass is 282 g/mol. The molecule has 5 nitrogen and oxygen atoms in total. The Morgan fingerprint density at radius 1 is 1.30 bits per heavy atom. The number of carbonyl (C=O) groups is 2. The van der Waals surface area contributed by atoms with Gasteiger partial charge >= 0.3 is 0 Å². The van der Waals surface area contributed by atoms with Gasteiger partial charge in [-0.05, 0) is 38.5 Å². The smallest absolute Gasteiger partial charge is 0.250 e. The van der Waals surface area contributed by atoms with Crippen molar-refractivity contribution in [3.05, 3.63) is 0 Å². The fourth-order valence-electron chi connectivity index (χ4n) is 2.95. The molecule has 0 heterocycles. The van der Waals surface area contributed by atoms with Crippen LogP contribution in [0.4, 0.5) is 0 Å². The van der Waals surface area contributed by atoms with Crippen molar-refractivity contribution in [1.82, 2.24) is 10.2 Å². The second-order valence-corrected chi connectivity index (χ2v) is 6.22. The number of hydrogen-bond acceptors (Lipinski definition) is 3. The average Bonchev–Trinajstić information content (AvgIpc) is 3.30. The van der Waals surface area contributed by atoms with Crippen molar-refractivity contribution < 1.29 is 14.7 Å². The molecule has 0 aliphatic heterocycles. The van der Waals surface area contributed by atoms with Gasteiger partial charge in [0.2, 0.25) is 6.41 Å². The van der Waals surface area contributed by atoms with Crippen molar-refractivity contribution >= 4 is 12.3 Å². The average molecular weight is 282 g/mol. The third-order valence-corrected chi connectivity index (χ3v) is 4.58. The molecule has 0 radical (unpaired) electrons. The van der Waals surface area contributed by atoms with Gasteiger partial charge in [-0.1, -0.05) is 19.3 Å². The van der Waals surface area contributed by atoms with Crippen LogP contribution in [0.3, 0.4) is 0 Å². The van der Waals surface area contributed by atoms with E-state index in [1.165, 1.54) is 6.42 Å². The first-order valence-corrected chi connectivity index (χ1v) is 7.82. The van der Waals surface area contributed by atoms with E-state index in [0.717, 1.165) is 44.9 Å². The third kappa shape index (κ3) is 3.95. The summed E-state index contributed by atoms with van der Waals surface area (Å²) >= 11 is 0. The van der Waals surface area contributed by atoms with E-state index in [-0.39, 0.29) is 11.9 Å². The van der Waals surface area contributed by atoms with Crippen LogP contribution in [0, 0.1) is 5.92 Å². The molecule has 0 aromatic heterocycles. The number of rotatable bonds is 7. The van der Waals surface area contributed by atoms with Crippen LogP contribution >= 0.6 is 0 Å². The van der Waals surface area contributed by atoms with E-state index < -0.39 is 12.1 Å². The largest absolute Gasteiger partial charge is 0.381 e. The minimum Gasteiger partial charge on any atom is -0.381 e. The number of nitrogens with one attached hydrogen (secondary N) is 1. The Balaban J connectivity index is 1.86. The van der Waals surface area contributed by atoms with E-state index >= 15 is 0 Å². The molecule has 2 atom stereocenters. The van der Waals surface area contributed by atoms with E-state index in [4.69, 9.17) is 0 Å². The molecule has 0 saturated heterocycles. The van der Waals surface area contributed by atoms with Crippen molar-refractivity contribution in [2.24, 2.45) is 5.92 Å². The normalized spacial score (nSPS) is 22.9. The van der Waals surface area contributed by atoms with Crippen LogP contribution < -0.4 is 5.32 Å². The number of aliphatic hydroxyl groups is 1. The zero-order valence-electron chi connectivity index (χ0n) is 12.3. The summed E-state index contributed by atoms with van der Waals surface area (Å²) in [6.45, 7) is 2.40. The minimum atomic E-state index is -1.14. The molecule has 2 aliphatic rings. The zero-order chi connectivity index (χ0) is 14.5. The highest BCUT2D eigenvalue weighted by atomic mass is 16.3. The van der Waals surface area contributed by atoms with Gasteiger partial charge in [-0.25, -0.2) is 0 Å². The molecule has 114 valence electrons. The molecular formula is C15H26N2O3. The summed E-state index contributed by atoms with van der Waals surface area (Å²) in [6, 6.07) is -0.295. The molecule has 5 heteroatoms. The molecule has 2 unspecified atom stereocenters. The van der Waals surface area contributed by atoms with Gasteiger partial charge in [0, 0.05) is 12.6 Å². The van der Waals surface area contributed by atoms with E-state index in [1.54, 1.807) is 11.8 Å². The maximum atomic E-state index is 11.9. The fourth-order valence-corrected chi connectivity index (χ4v) is 2.95. The van der Waals surface area contributed by atoms with E-state index in [2.05, 4.69) is 5.32 Å². The number of nitrogens with zero attached hydrogens (tertiary/aromatic N) is 1. The maximum Gasteiger partial charge on any atom is 0.250 e. The fraction of sp³-hybridized carbons (Fsp3) is 0.867. The molecule has 0 spiro atoms. The lowest BCUT2D eigenvalue weighted by Gasteiger charge is -2.37. The van der Waals surface area contributed by atoms with Crippen LogP contribution in [-0.2, 0) is 9.59 Å². The topological polar surface area (TPSA) is 69.6 Å². The number of hydrogen-bond donors (Lipinski definition) is 2. The van der Waals surface area contributed by atoms with E-state index in [1.807, 2.05) is 0 Å². The molecule has 0 aromatic carbocycles. The predicted octanol–water partition coefficient (Wildman–Crippen LogP) is 1.05. The Labute approximate surface area is 120 Å². The first kappa shape index (κ1) is 15.3. The second kappa shape index (κ2) is 7.07. The lowest BCUT2D eigenvalue weighted by atomic mass is 9.93. The summed E-state index contributed by atoms with van der Waals surface area (Å²) in [5.41, 5.74) is 0. The highest BCUT2D eigenvalue weighted by Gasteiger charge is 2.32. The lowest BCUT2D eigenvalue weighted by Crippen LogP contribution is -2.52. The quantitative estimate of drug-likeness (QED) is 0.686. The molecule has 0 aromatic rings. The van der Waals surface area contributed by atoms with Crippen molar-refractivity contribution in [3.8, 4) is 0 Å². The molecular weight excluding hydrogens is 256 g/mol. The van der Waals surface area contributed by atoms with Crippen molar-refractivity contribution in [1.29, 1.82) is 0 Å². The van der Waals surface area contributed by atoms with Gasteiger partial charge in [-0.2, -0.15) is 0 Å². The van der Waals surface area contributed by atoms with E-state index in [0.29, 0.717) is 12.5 Å². The summed E-state index contributed by atoms with van der Waals surface area (Å²) in [6.07, 6.45) is 7.36. The SMILES string of the molecule is CC(C(O)C(=O)NCC1CC1)N(C=O)C1CCCCC1. The van der Waals surface area contributed by atoms with Crippen LogP contribution in [0.25, 0.3) is 0 Å². The highest BCUT2D eigenvalue weighted by Crippen LogP contribution is 2.27. The molecule has 2 rings (SSSR count). The Kier molecular flexibility index (Phi) is 5.40. The van der Waals surface area contributed by atoms with Gasteiger partial charge in [0.15, 0.2) is 6.10 Å². The molecule has 2 N–H and O–H groups in total. The highest BCUT2D eigenvalue weighted by molar-refractivity contribution is 5.81. The molecule has 0 bridgehead atoms. The van der Waals surface area contributed by atoms with Gasteiger partial charge in [-0.15, -0.1) is 0 Å². The summed E-state index contributed by atoms with van der Waals surface area (Å²) in [5, 5.41) is 12.9. The minimum absolute atomic E-state index is 0.169. The van der Waals surface area contributed by atoms with Gasteiger partial charge in [0.1, 0.15) is 0 Å². The Bertz CT molecular complexity index is 338. The van der Waals surface area contributed by atoms with Crippen molar-refractivity contribution in [3.63, 3.8) is 0 Å². The first-order chi connectivity index (χ1) is 9.63. The Hall–Kier alpha value is -1.10. The number of amides is 2. The van der Waals surface area contributed by atoms with Crippen LogP contribution in [0.5, 0.6) is 0 Å². The Morgan fingerprint density at radius 3 is 2.50 bits per heavy atom. The summed E-state index contributed by atoms with van der Waals surface area (Å²) < 4.78 is 0. The van der Waals surface area contributed by atoms with Gasteiger partial charge < -0.3 is 15.3 Å². The van der Waals surface area contributed by atoms with Gasteiger partial charge in [-0.3, -0.25) is 9.59 Å². The van der Waals surface area contributed by atoms with Crippen LogP contribution in [0.1, 0.15) is 51.9 Å². The lowest BCUT2D eigenvalue weighted by molar-refractivity contribution is -0.137. The number of carbonyl (C=O) groups excluding carboxylic acids is 2. The van der Waals surface area contributed by atoms with Gasteiger partial charge in [0.05, 0.1) is 6.04 Å². The molecule has 2 aliphatic carbocycles. The summed E-state index contributed by atoms with van der Waals surface area (Å²) in [5.74, 6) is 0.231. The van der Waals surface area contributed by atoms with Gasteiger partial charge in [0.25, 0.3) is 5.91 Å². The molecule has 2 saturated carbocycles. The first-order valence-electron chi connectivity index (χ1n) is 7.82. The molecule has 2 amide bonds.